The average molecular weight is 284 g/mol. The van der Waals surface area contributed by atoms with Crippen LogP contribution in [0.15, 0.2) is 0 Å². The number of nitrogens with one attached hydrogen (secondary N) is 1. The van der Waals surface area contributed by atoms with Gasteiger partial charge in [0, 0.05) is 13.0 Å². The lowest BCUT2D eigenvalue weighted by molar-refractivity contribution is -0.140. The Hall–Kier alpha value is -1.43. The number of carboxylic acid groups (broad SMARTS) is 1. The van der Waals surface area contributed by atoms with Crippen molar-refractivity contribution in [1.82, 2.24) is 10.3 Å². The van der Waals surface area contributed by atoms with E-state index in [2.05, 4.69) is 24.1 Å². The van der Waals surface area contributed by atoms with Gasteiger partial charge in [-0.25, -0.2) is 4.98 Å². The molecule has 0 aliphatic carbocycles. The van der Waals surface area contributed by atoms with Gasteiger partial charge in [-0.2, -0.15) is 0 Å². The number of aliphatic carboxylic acids is 1. The third kappa shape index (κ3) is 4.63. The van der Waals surface area contributed by atoms with Gasteiger partial charge >= 0.3 is 5.97 Å². The smallest absolute Gasteiger partial charge is 0.308 e. The van der Waals surface area contributed by atoms with Crippen molar-refractivity contribution in [1.29, 1.82) is 0 Å². The topological polar surface area (TPSA) is 79.3 Å². The van der Waals surface area contributed by atoms with E-state index in [4.69, 9.17) is 5.11 Å². The number of aryl methyl sites for hydroxylation is 1. The molecule has 1 aromatic rings. The summed E-state index contributed by atoms with van der Waals surface area (Å²) in [4.78, 5) is 27.6. The number of carbonyl (C=O) groups is 2. The number of hydrogen-bond acceptors (Lipinski definition) is 4. The van der Waals surface area contributed by atoms with E-state index in [-0.39, 0.29) is 12.5 Å². The summed E-state index contributed by atoms with van der Waals surface area (Å²) in [5.74, 6) is -1.25. The first-order valence-electron chi connectivity index (χ1n) is 6.28. The molecule has 1 unspecified atom stereocenters. The molecule has 0 spiro atoms. The zero-order chi connectivity index (χ0) is 14.6. The number of thiazole rings is 1. The molecular weight excluding hydrogens is 264 g/mol. The first kappa shape index (κ1) is 15.6. The second-order valence-corrected chi connectivity index (χ2v) is 6.15. The standard InChI is InChI=1S/C13H20N2O3S/c1-7(2)5-10-15-9(4)11(19-10)12(16)14-6-8(3)13(17)18/h7-8H,5-6H2,1-4H3,(H,14,16)(H,17,18). The van der Waals surface area contributed by atoms with Gasteiger partial charge in [-0.15, -0.1) is 11.3 Å². The molecule has 0 fully saturated rings. The van der Waals surface area contributed by atoms with Gasteiger partial charge in [-0.3, -0.25) is 9.59 Å². The van der Waals surface area contributed by atoms with Crippen molar-refractivity contribution in [3.8, 4) is 0 Å². The molecule has 106 valence electrons. The molecule has 5 nitrogen and oxygen atoms in total. The summed E-state index contributed by atoms with van der Waals surface area (Å²) < 4.78 is 0. The first-order chi connectivity index (χ1) is 8.81. The van der Waals surface area contributed by atoms with E-state index in [0.717, 1.165) is 11.4 Å². The van der Waals surface area contributed by atoms with Gasteiger partial charge in [0.25, 0.3) is 5.91 Å². The Morgan fingerprint density at radius 1 is 1.37 bits per heavy atom. The second-order valence-electron chi connectivity index (χ2n) is 5.07. The van der Waals surface area contributed by atoms with E-state index in [1.54, 1.807) is 13.8 Å². The predicted molar refractivity (Wildman–Crippen MR) is 74.5 cm³/mol. The lowest BCUT2D eigenvalue weighted by Crippen LogP contribution is -2.31. The molecular formula is C13H20N2O3S. The van der Waals surface area contributed by atoms with Gasteiger partial charge in [0.15, 0.2) is 0 Å². The summed E-state index contributed by atoms with van der Waals surface area (Å²) in [6, 6.07) is 0. The summed E-state index contributed by atoms with van der Waals surface area (Å²) in [5.41, 5.74) is 0.709. The van der Waals surface area contributed by atoms with Crippen LogP contribution in [0.3, 0.4) is 0 Å². The fourth-order valence-corrected chi connectivity index (χ4v) is 2.71. The molecule has 0 aliphatic rings. The Morgan fingerprint density at radius 3 is 2.53 bits per heavy atom. The van der Waals surface area contributed by atoms with Gasteiger partial charge in [0.2, 0.25) is 0 Å². The van der Waals surface area contributed by atoms with Gasteiger partial charge < -0.3 is 10.4 Å². The molecule has 1 rings (SSSR count). The number of carboxylic acids is 1. The molecule has 2 N–H and O–H groups in total. The van der Waals surface area contributed by atoms with Crippen LogP contribution in [0.1, 0.15) is 41.1 Å². The second kappa shape index (κ2) is 6.65. The van der Waals surface area contributed by atoms with Crippen LogP contribution in [0.2, 0.25) is 0 Å². The highest BCUT2D eigenvalue weighted by atomic mass is 32.1. The van der Waals surface area contributed by atoms with Crippen LogP contribution in [0, 0.1) is 18.8 Å². The molecule has 19 heavy (non-hydrogen) atoms. The fourth-order valence-electron chi connectivity index (χ4n) is 1.51. The molecule has 0 saturated carbocycles. The predicted octanol–water partition coefficient (Wildman–Crippen LogP) is 2.10. The van der Waals surface area contributed by atoms with Crippen LogP contribution in [0.4, 0.5) is 0 Å². The van der Waals surface area contributed by atoms with Gasteiger partial charge in [0.1, 0.15) is 4.88 Å². The molecule has 0 radical (unpaired) electrons. The minimum atomic E-state index is -0.915. The zero-order valence-corrected chi connectivity index (χ0v) is 12.5. The van der Waals surface area contributed by atoms with Crippen LogP contribution in [0.25, 0.3) is 0 Å². The molecule has 1 heterocycles. The number of hydrogen-bond donors (Lipinski definition) is 2. The highest BCUT2D eigenvalue weighted by Crippen LogP contribution is 2.20. The molecule has 0 saturated heterocycles. The maximum absolute atomic E-state index is 12.0. The molecule has 0 aliphatic heterocycles. The molecule has 1 amide bonds. The van der Waals surface area contributed by atoms with Crippen LogP contribution in [0.5, 0.6) is 0 Å². The van der Waals surface area contributed by atoms with E-state index in [9.17, 15) is 9.59 Å². The summed E-state index contributed by atoms with van der Waals surface area (Å²) in [6.45, 7) is 7.70. The van der Waals surface area contributed by atoms with Gasteiger partial charge in [-0.1, -0.05) is 20.8 Å². The maximum atomic E-state index is 12.0. The van der Waals surface area contributed by atoms with E-state index < -0.39 is 11.9 Å². The van der Waals surface area contributed by atoms with Crippen molar-refractivity contribution in [2.24, 2.45) is 11.8 Å². The Bertz CT molecular complexity index is 468. The largest absolute Gasteiger partial charge is 0.481 e. The fraction of sp³-hybridized carbons (Fsp3) is 0.615. The van der Waals surface area contributed by atoms with Crippen LogP contribution in [-0.2, 0) is 11.2 Å². The number of rotatable bonds is 6. The van der Waals surface area contributed by atoms with Crippen molar-refractivity contribution in [2.75, 3.05) is 6.54 Å². The summed E-state index contributed by atoms with van der Waals surface area (Å²) in [6.07, 6.45) is 0.852. The minimum absolute atomic E-state index is 0.130. The summed E-state index contributed by atoms with van der Waals surface area (Å²) >= 11 is 1.39. The molecule has 0 aromatic carbocycles. The molecule has 6 heteroatoms. The normalized spacial score (nSPS) is 12.5. The van der Waals surface area contributed by atoms with Crippen molar-refractivity contribution < 1.29 is 14.7 Å². The lowest BCUT2D eigenvalue weighted by atomic mass is 10.1. The number of amides is 1. The number of aromatic nitrogens is 1. The Labute approximate surface area is 117 Å². The molecule has 0 bridgehead atoms. The molecule has 1 atom stereocenters. The van der Waals surface area contributed by atoms with Crippen LogP contribution >= 0.6 is 11.3 Å². The van der Waals surface area contributed by atoms with E-state index >= 15 is 0 Å². The Morgan fingerprint density at radius 2 is 2.00 bits per heavy atom. The van der Waals surface area contributed by atoms with E-state index in [1.165, 1.54) is 11.3 Å². The maximum Gasteiger partial charge on any atom is 0.308 e. The third-order valence-corrected chi connectivity index (χ3v) is 3.80. The average Bonchev–Trinajstić information content (AvgIpc) is 2.65. The quantitative estimate of drug-likeness (QED) is 0.838. The monoisotopic (exact) mass is 284 g/mol. The zero-order valence-electron chi connectivity index (χ0n) is 11.7. The minimum Gasteiger partial charge on any atom is -0.481 e. The van der Waals surface area contributed by atoms with E-state index in [1.807, 2.05) is 0 Å². The van der Waals surface area contributed by atoms with Crippen molar-refractivity contribution in [3.63, 3.8) is 0 Å². The third-order valence-electron chi connectivity index (χ3n) is 2.62. The highest BCUT2D eigenvalue weighted by molar-refractivity contribution is 7.13. The highest BCUT2D eigenvalue weighted by Gasteiger charge is 2.18. The van der Waals surface area contributed by atoms with Crippen LogP contribution in [-0.4, -0.2) is 28.5 Å². The Kier molecular flexibility index (Phi) is 5.47. The SMILES string of the molecule is Cc1nc(CC(C)C)sc1C(=O)NCC(C)C(=O)O. The Balaban J connectivity index is 2.66. The summed E-state index contributed by atoms with van der Waals surface area (Å²) in [5, 5.41) is 12.3. The van der Waals surface area contributed by atoms with E-state index in [0.29, 0.717) is 16.5 Å². The number of nitrogens with zero attached hydrogens (tertiary/aromatic N) is 1. The van der Waals surface area contributed by atoms with Crippen molar-refractivity contribution in [2.45, 2.75) is 34.1 Å². The van der Waals surface area contributed by atoms with Gasteiger partial charge in [0.05, 0.1) is 16.6 Å². The summed E-state index contributed by atoms with van der Waals surface area (Å²) in [7, 11) is 0. The van der Waals surface area contributed by atoms with Gasteiger partial charge in [-0.05, 0) is 12.8 Å². The van der Waals surface area contributed by atoms with Crippen molar-refractivity contribution >= 4 is 23.2 Å². The first-order valence-corrected chi connectivity index (χ1v) is 7.10. The van der Waals surface area contributed by atoms with Crippen molar-refractivity contribution in [3.05, 3.63) is 15.6 Å². The lowest BCUT2D eigenvalue weighted by Gasteiger charge is -2.07. The van der Waals surface area contributed by atoms with Crippen LogP contribution < -0.4 is 5.32 Å². The molecule has 1 aromatic heterocycles. The number of carbonyl (C=O) groups excluding carboxylic acids is 1.